The van der Waals surface area contributed by atoms with E-state index in [-0.39, 0.29) is 23.9 Å². The molecule has 0 fully saturated rings. The van der Waals surface area contributed by atoms with E-state index in [0.717, 1.165) is 0 Å². The Morgan fingerprint density at radius 2 is 2.14 bits per heavy atom. The molecule has 7 nitrogen and oxygen atoms in total. The van der Waals surface area contributed by atoms with E-state index in [9.17, 15) is 14.9 Å². The number of hydrogen-bond donors (Lipinski definition) is 1. The number of ether oxygens (including phenoxy) is 1. The fourth-order valence-corrected chi connectivity index (χ4v) is 2.00. The summed E-state index contributed by atoms with van der Waals surface area (Å²) in [5.41, 5.74) is 0.614. The first-order chi connectivity index (χ1) is 9.86. The Labute approximate surface area is 123 Å². The predicted molar refractivity (Wildman–Crippen MR) is 79.0 cm³/mol. The lowest BCUT2D eigenvalue weighted by Gasteiger charge is -2.28. The molecule has 21 heavy (non-hydrogen) atoms. The van der Waals surface area contributed by atoms with Gasteiger partial charge in [0.05, 0.1) is 18.0 Å². The maximum absolute atomic E-state index is 11.0. The van der Waals surface area contributed by atoms with Gasteiger partial charge in [0, 0.05) is 30.4 Å². The number of carboxylic acid groups (broad SMARTS) is 1. The van der Waals surface area contributed by atoms with Gasteiger partial charge in [-0.15, -0.1) is 0 Å². The molecule has 1 aromatic carbocycles. The number of carboxylic acids is 1. The van der Waals surface area contributed by atoms with Crippen molar-refractivity contribution in [1.82, 2.24) is 0 Å². The Balaban J connectivity index is 3.11. The van der Waals surface area contributed by atoms with E-state index in [0.29, 0.717) is 18.8 Å². The van der Waals surface area contributed by atoms with Crippen molar-refractivity contribution in [2.75, 3.05) is 18.1 Å². The number of hydrogen-bond acceptors (Lipinski definition) is 5. The van der Waals surface area contributed by atoms with E-state index in [4.69, 9.17) is 9.84 Å². The Kier molecular flexibility index (Phi) is 5.95. The van der Waals surface area contributed by atoms with Crippen LogP contribution in [0, 0.1) is 10.1 Å². The Hall–Kier alpha value is -2.31. The van der Waals surface area contributed by atoms with Gasteiger partial charge >= 0.3 is 11.7 Å². The Morgan fingerprint density at radius 1 is 1.48 bits per heavy atom. The maximum atomic E-state index is 11.0. The minimum Gasteiger partial charge on any atom is -0.487 e. The summed E-state index contributed by atoms with van der Waals surface area (Å²) in [6.45, 7) is 6.27. The highest BCUT2D eigenvalue weighted by molar-refractivity contribution is 5.68. The van der Waals surface area contributed by atoms with Crippen LogP contribution < -0.4 is 9.64 Å². The van der Waals surface area contributed by atoms with E-state index >= 15 is 0 Å². The molecule has 0 radical (unpaired) electrons. The number of nitro groups is 1. The van der Waals surface area contributed by atoms with E-state index in [1.807, 2.05) is 18.7 Å². The SMILES string of the molecule is CCOc1cc(N(CCC(=O)O)C(C)C)ccc1[N+](=O)[O-]. The molecule has 0 heterocycles. The molecule has 1 N–H and O–H groups in total. The minimum absolute atomic E-state index is 0.000857. The van der Waals surface area contributed by atoms with Crippen molar-refractivity contribution in [3.05, 3.63) is 28.3 Å². The molecule has 0 amide bonds. The van der Waals surface area contributed by atoms with Crippen LogP contribution in [0.4, 0.5) is 11.4 Å². The van der Waals surface area contributed by atoms with Gasteiger partial charge in [-0.05, 0) is 26.8 Å². The molecule has 1 rings (SSSR count). The van der Waals surface area contributed by atoms with Gasteiger partial charge in [-0.1, -0.05) is 0 Å². The van der Waals surface area contributed by atoms with Crippen LogP contribution in [0.5, 0.6) is 5.75 Å². The number of nitrogens with zero attached hydrogens (tertiary/aromatic N) is 2. The Morgan fingerprint density at radius 3 is 2.62 bits per heavy atom. The molecule has 116 valence electrons. The molecule has 1 aromatic rings. The number of nitro benzene ring substituents is 1. The van der Waals surface area contributed by atoms with Crippen LogP contribution in [0.15, 0.2) is 18.2 Å². The minimum atomic E-state index is -0.882. The van der Waals surface area contributed by atoms with Crippen LogP contribution >= 0.6 is 0 Å². The Bertz CT molecular complexity index is 516. The number of carbonyl (C=O) groups is 1. The van der Waals surface area contributed by atoms with Crippen LogP contribution in [-0.2, 0) is 4.79 Å². The van der Waals surface area contributed by atoms with E-state index in [1.165, 1.54) is 6.07 Å². The van der Waals surface area contributed by atoms with Crippen LogP contribution in [0.3, 0.4) is 0 Å². The summed E-state index contributed by atoms with van der Waals surface area (Å²) < 4.78 is 5.31. The molecule has 0 unspecified atom stereocenters. The highest BCUT2D eigenvalue weighted by Gasteiger charge is 2.19. The zero-order valence-corrected chi connectivity index (χ0v) is 12.4. The smallest absolute Gasteiger partial charge is 0.311 e. The van der Waals surface area contributed by atoms with Crippen LogP contribution in [0.2, 0.25) is 0 Å². The lowest BCUT2D eigenvalue weighted by atomic mass is 10.2. The van der Waals surface area contributed by atoms with Crippen molar-refractivity contribution in [1.29, 1.82) is 0 Å². The first-order valence-corrected chi connectivity index (χ1v) is 6.76. The fourth-order valence-electron chi connectivity index (χ4n) is 2.00. The fraction of sp³-hybridized carbons (Fsp3) is 0.500. The molecule has 0 saturated carbocycles. The highest BCUT2D eigenvalue weighted by atomic mass is 16.6. The molecule has 7 heteroatoms. The second-order valence-electron chi connectivity index (χ2n) is 4.77. The zero-order chi connectivity index (χ0) is 16.0. The summed E-state index contributed by atoms with van der Waals surface area (Å²) in [4.78, 5) is 23.1. The monoisotopic (exact) mass is 296 g/mol. The topological polar surface area (TPSA) is 92.9 Å². The summed E-state index contributed by atoms with van der Waals surface area (Å²) in [6, 6.07) is 4.66. The molecule has 0 aromatic heterocycles. The van der Waals surface area contributed by atoms with Gasteiger partial charge in [0.25, 0.3) is 0 Å². The summed E-state index contributed by atoms with van der Waals surface area (Å²) in [5.74, 6) is -0.687. The second kappa shape index (κ2) is 7.47. The standard InChI is InChI=1S/C14H20N2O5/c1-4-21-13-9-11(5-6-12(13)16(19)20)15(10(2)3)8-7-14(17)18/h5-6,9-10H,4,7-8H2,1-3H3,(H,17,18). The molecule has 0 bridgehead atoms. The molecular formula is C14H20N2O5. The number of aliphatic carboxylic acids is 1. The average molecular weight is 296 g/mol. The predicted octanol–water partition coefficient (Wildman–Crippen LogP) is 2.68. The van der Waals surface area contributed by atoms with Crippen molar-refractivity contribution >= 4 is 17.3 Å². The lowest BCUT2D eigenvalue weighted by molar-refractivity contribution is -0.385. The second-order valence-corrected chi connectivity index (χ2v) is 4.77. The molecule has 0 spiro atoms. The average Bonchev–Trinajstić information content (AvgIpc) is 2.38. The molecule has 0 aliphatic rings. The molecular weight excluding hydrogens is 276 g/mol. The van der Waals surface area contributed by atoms with Gasteiger partial charge in [-0.25, -0.2) is 0 Å². The maximum Gasteiger partial charge on any atom is 0.311 e. The van der Waals surface area contributed by atoms with E-state index in [2.05, 4.69) is 0 Å². The van der Waals surface area contributed by atoms with Crippen molar-refractivity contribution in [2.45, 2.75) is 33.2 Å². The van der Waals surface area contributed by atoms with Crippen molar-refractivity contribution in [2.24, 2.45) is 0 Å². The normalized spacial score (nSPS) is 10.5. The van der Waals surface area contributed by atoms with Gasteiger partial charge in [0.2, 0.25) is 0 Å². The molecule has 0 saturated heterocycles. The summed E-state index contributed by atoms with van der Waals surface area (Å²) in [5, 5.41) is 19.8. The van der Waals surface area contributed by atoms with Gasteiger partial charge in [0.1, 0.15) is 0 Å². The van der Waals surface area contributed by atoms with Crippen LogP contribution in [-0.4, -0.2) is 35.2 Å². The van der Waals surface area contributed by atoms with E-state index in [1.54, 1.807) is 19.1 Å². The molecule has 0 aliphatic heterocycles. The third-order valence-electron chi connectivity index (χ3n) is 2.96. The number of rotatable bonds is 8. The number of benzene rings is 1. The van der Waals surface area contributed by atoms with Gasteiger partial charge in [-0.3, -0.25) is 14.9 Å². The van der Waals surface area contributed by atoms with Crippen molar-refractivity contribution in [3.63, 3.8) is 0 Å². The lowest BCUT2D eigenvalue weighted by Crippen LogP contribution is -2.32. The van der Waals surface area contributed by atoms with Crippen LogP contribution in [0.25, 0.3) is 0 Å². The largest absolute Gasteiger partial charge is 0.487 e. The van der Waals surface area contributed by atoms with Crippen molar-refractivity contribution in [3.8, 4) is 5.75 Å². The van der Waals surface area contributed by atoms with Gasteiger partial charge in [-0.2, -0.15) is 0 Å². The first-order valence-electron chi connectivity index (χ1n) is 6.76. The summed E-state index contributed by atoms with van der Waals surface area (Å²) in [6.07, 6.45) is -0.000857. The first kappa shape index (κ1) is 16.7. The third-order valence-corrected chi connectivity index (χ3v) is 2.96. The zero-order valence-electron chi connectivity index (χ0n) is 12.4. The molecule has 0 atom stereocenters. The van der Waals surface area contributed by atoms with Gasteiger partial charge < -0.3 is 14.7 Å². The summed E-state index contributed by atoms with van der Waals surface area (Å²) >= 11 is 0. The van der Waals surface area contributed by atoms with E-state index < -0.39 is 10.9 Å². The van der Waals surface area contributed by atoms with Crippen LogP contribution in [0.1, 0.15) is 27.2 Å². The third kappa shape index (κ3) is 4.62. The van der Waals surface area contributed by atoms with Crippen molar-refractivity contribution < 1.29 is 19.6 Å². The quantitative estimate of drug-likeness (QED) is 0.585. The summed E-state index contributed by atoms with van der Waals surface area (Å²) in [7, 11) is 0. The molecule has 0 aliphatic carbocycles. The number of anilines is 1. The van der Waals surface area contributed by atoms with Gasteiger partial charge in [0.15, 0.2) is 5.75 Å². The highest BCUT2D eigenvalue weighted by Crippen LogP contribution is 2.32.